The average molecular weight is 325 g/mol. The van der Waals surface area contributed by atoms with Crippen molar-refractivity contribution in [2.45, 2.75) is 12.8 Å². The van der Waals surface area contributed by atoms with Crippen LogP contribution < -0.4 is 0 Å². The number of halogens is 1. The Labute approximate surface area is 129 Å². The van der Waals surface area contributed by atoms with Crippen LogP contribution in [0.15, 0.2) is 77.3 Å². The van der Waals surface area contributed by atoms with Gasteiger partial charge in [0.05, 0.1) is 0 Å². The zero-order chi connectivity index (χ0) is 13.9. The van der Waals surface area contributed by atoms with Crippen LogP contribution in [-0.2, 0) is 0 Å². The van der Waals surface area contributed by atoms with Gasteiger partial charge in [0.25, 0.3) is 0 Å². The normalized spacial score (nSPS) is 21.1. The van der Waals surface area contributed by atoms with E-state index in [4.69, 9.17) is 0 Å². The first kappa shape index (κ1) is 13.4. The van der Waals surface area contributed by atoms with E-state index in [9.17, 15) is 0 Å². The molecule has 0 N–H and O–H groups in total. The van der Waals surface area contributed by atoms with E-state index >= 15 is 0 Å². The molecule has 2 atom stereocenters. The van der Waals surface area contributed by atoms with Gasteiger partial charge in [-0.25, -0.2) is 0 Å². The number of hydrogen-bond acceptors (Lipinski definition) is 0. The fraction of sp³-hybridized carbons (Fsp3) is 0.158. The molecule has 0 heterocycles. The van der Waals surface area contributed by atoms with Crippen molar-refractivity contribution in [3.8, 4) is 11.1 Å². The second kappa shape index (κ2) is 5.80. The zero-order valence-electron chi connectivity index (χ0n) is 11.5. The Morgan fingerprint density at radius 1 is 0.850 bits per heavy atom. The molecule has 0 radical (unpaired) electrons. The fourth-order valence-electron chi connectivity index (χ4n) is 2.83. The molecule has 0 aliphatic heterocycles. The summed E-state index contributed by atoms with van der Waals surface area (Å²) in [4.78, 5) is 0. The van der Waals surface area contributed by atoms with Gasteiger partial charge in [-0.1, -0.05) is 89.6 Å². The summed E-state index contributed by atoms with van der Waals surface area (Å²) in [6.07, 6.45) is 8.88. The lowest BCUT2D eigenvalue weighted by Gasteiger charge is -2.24. The van der Waals surface area contributed by atoms with Crippen molar-refractivity contribution < 1.29 is 0 Å². The highest BCUT2D eigenvalue weighted by Gasteiger charge is 2.21. The summed E-state index contributed by atoms with van der Waals surface area (Å²) in [7, 11) is 0. The van der Waals surface area contributed by atoms with Gasteiger partial charge in [-0.05, 0) is 28.7 Å². The van der Waals surface area contributed by atoms with Crippen molar-refractivity contribution in [2.24, 2.45) is 5.92 Å². The summed E-state index contributed by atoms with van der Waals surface area (Å²) in [5.41, 5.74) is 3.97. The van der Waals surface area contributed by atoms with Crippen molar-refractivity contribution in [2.75, 3.05) is 0 Å². The van der Waals surface area contributed by atoms with Gasteiger partial charge in [-0.15, -0.1) is 0 Å². The lowest BCUT2D eigenvalue weighted by atomic mass is 9.81. The maximum absolute atomic E-state index is 3.73. The van der Waals surface area contributed by atoms with E-state index in [1.54, 1.807) is 0 Å². The number of hydrogen-bond donors (Lipinski definition) is 0. The van der Waals surface area contributed by atoms with Crippen LogP contribution in [0.5, 0.6) is 0 Å². The van der Waals surface area contributed by atoms with Crippen LogP contribution in [0.25, 0.3) is 11.1 Å². The second-order valence-corrected chi connectivity index (χ2v) is 6.08. The fourth-order valence-corrected chi connectivity index (χ4v) is 3.44. The largest absolute Gasteiger partial charge is 0.0808 e. The maximum Gasteiger partial charge on any atom is 0.0256 e. The summed E-state index contributed by atoms with van der Waals surface area (Å²) in [6, 6.07) is 17.1. The van der Waals surface area contributed by atoms with Crippen LogP contribution in [0.1, 0.15) is 18.4 Å². The molecule has 0 spiro atoms. The molecule has 1 heteroatoms. The lowest BCUT2D eigenvalue weighted by molar-refractivity contribution is 0.636. The maximum atomic E-state index is 3.73. The molecular weight excluding hydrogens is 308 g/mol. The van der Waals surface area contributed by atoms with Crippen LogP contribution in [0.3, 0.4) is 0 Å². The predicted molar refractivity (Wildman–Crippen MR) is 89.8 cm³/mol. The Kier molecular flexibility index (Phi) is 3.88. The highest BCUT2D eigenvalue weighted by molar-refractivity contribution is 9.10. The molecule has 1 aliphatic rings. The van der Waals surface area contributed by atoms with Crippen molar-refractivity contribution in [3.05, 3.63) is 82.9 Å². The van der Waals surface area contributed by atoms with E-state index in [0.717, 1.165) is 4.47 Å². The summed E-state index contributed by atoms with van der Waals surface area (Å²) in [6.45, 7) is 2.28. The Balaban J connectivity index is 2.15. The van der Waals surface area contributed by atoms with Crippen LogP contribution in [-0.4, -0.2) is 0 Å². The number of rotatable bonds is 2. The van der Waals surface area contributed by atoms with Gasteiger partial charge in [0.2, 0.25) is 0 Å². The summed E-state index contributed by atoms with van der Waals surface area (Å²) in [5.74, 6) is 0.962. The minimum atomic E-state index is 0.438. The monoisotopic (exact) mass is 324 g/mol. The van der Waals surface area contributed by atoms with E-state index in [0.29, 0.717) is 11.8 Å². The summed E-state index contributed by atoms with van der Waals surface area (Å²) < 4.78 is 1.16. The molecule has 100 valence electrons. The van der Waals surface area contributed by atoms with Gasteiger partial charge in [-0.2, -0.15) is 0 Å². The molecule has 0 amide bonds. The topological polar surface area (TPSA) is 0 Å². The highest BCUT2D eigenvalue weighted by atomic mass is 79.9. The van der Waals surface area contributed by atoms with Gasteiger partial charge in [0.1, 0.15) is 0 Å². The molecule has 0 bridgehead atoms. The van der Waals surface area contributed by atoms with E-state index in [1.807, 2.05) is 0 Å². The van der Waals surface area contributed by atoms with Crippen LogP contribution in [0, 0.1) is 5.92 Å². The van der Waals surface area contributed by atoms with E-state index in [1.165, 1.54) is 16.7 Å². The molecule has 3 rings (SSSR count). The molecule has 2 unspecified atom stereocenters. The van der Waals surface area contributed by atoms with E-state index in [-0.39, 0.29) is 0 Å². The zero-order valence-corrected chi connectivity index (χ0v) is 13.0. The summed E-state index contributed by atoms with van der Waals surface area (Å²) in [5, 5.41) is 0. The Morgan fingerprint density at radius 3 is 2.35 bits per heavy atom. The van der Waals surface area contributed by atoms with Crippen molar-refractivity contribution in [3.63, 3.8) is 0 Å². The predicted octanol–water partition coefficient (Wildman–Crippen LogP) is 5.96. The molecule has 0 nitrogen and oxygen atoms in total. The first-order valence-corrected chi connectivity index (χ1v) is 7.75. The second-order valence-electron chi connectivity index (χ2n) is 5.22. The smallest absolute Gasteiger partial charge is 0.0256 e. The molecular formula is C19H17Br. The van der Waals surface area contributed by atoms with Gasteiger partial charge < -0.3 is 0 Å². The molecule has 2 aromatic rings. The molecule has 0 saturated heterocycles. The molecule has 0 saturated carbocycles. The minimum Gasteiger partial charge on any atom is -0.0808 e. The van der Waals surface area contributed by atoms with Gasteiger partial charge in [0.15, 0.2) is 0 Å². The average Bonchev–Trinajstić information content (AvgIpc) is 2.48. The number of allylic oxidation sites excluding steroid dienone is 4. The van der Waals surface area contributed by atoms with Crippen LogP contribution in [0.2, 0.25) is 0 Å². The molecule has 2 aromatic carbocycles. The Hall–Kier alpha value is -1.60. The third kappa shape index (κ3) is 2.51. The van der Waals surface area contributed by atoms with E-state index in [2.05, 4.69) is 95.7 Å². The Morgan fingerprint density at radius 2 is 1.60 bits per heavy atom. The van der Waals surface area contributed by atoms with Crippen LogP contribution >= 0.6 is 15.9 Å². The molecule has 1 aliphatic carbocycles. The molecule has 20 heavy (non-hydrogen) atoms. The molecule has 0 fully saturated rings. The highest BCUT2D eigenvalue weighted by Crippen LogP contribution is 2.40. The first-order chi connectivity index (χ1) is 9.77. The van der Waals surface area contributed by atoms with Crippen molar-refractivity contribution in [1.82, 2.24) is 0 Å². The third-order valence-corrected chi connectivity index (χ3v) is 4.54. The third-order valence-electron chi connectivity index (χ3n) is 3.88. The Bertz CT molecular complexity index is 653. The lowest BCUT2D eigenvalue weighted by Crippen LogP contribution is -2.09. The van der Waals surface area contributed by atoms with Crippen molar-refractivity contribution in [1.29, 1.82) is 0 Å². The van der Waals surface area contributed by atoms with Gasteiger partial charge >= 0.3 is 0 Å². The first-order valence-electron chi connectivity index (χ1n) is 6.96. The van der Waals surface area contributed by atoms with Gasteiger partial charge in [-0.3, -0.25) is 0 Å². The summed E-state index contributed by atoms with van der Waals surface area (Å²) >= 11 is 3.73. The van der Waals surface area contributed by atoms with E-state index < -0.39 is 0 Å². The standard InChI is InChI=1S/C19H17Br/c1-14-8-5-6-11-16(14)17-12-7-13-18(20)19(17)15-9-3-2-4-10-15/h2-14,16H,1H3. The minimum absolute atomic E-state index is 0.438. The SMILES string of the molecule is CC1C=CC=CC1c1cccc(Br)c1-c1ccccc1. The quantitative estimate of drug-likeness (QED) is 0.639. The van der Waals surface area contributed by atoms with Crippen molar-refractivity contribution >= 4 is 15.9 Å². The number of benzene rings is 2. The molecule has 0 aromatic heterocycles. The van der Waals surface area contributed by atoms with Gasteiger partial charge in [0, 0.05) is 10.4 Å². The van der Waals surface area contributed by atoms with Crippen LogP contribution in [0.4, 0.5) is 0 Å².